The first kappa shape index (κ1) is 10.1. The van der Waals surface area contributed by atoms with Crippen LogP contribution in [0.1, 0.15) is 24.4 Å². The van der Waals surface area contributed by atoms with E-state index in [0.29, 0.717) is 5.65 Å². The van der Waals surface area contributed by atoms with Crippen molar-refractivity contribution in [2.75, 3.05) is 6.54 Å². The molecule has 0 aromatic carbocycles. The van der Waals surface area contributed by atoms with E-state index < -0.39 is 6.10 Å². The Morgan fingerprint density at radius 2 is 2.40 bits per heavy atom. The van der Waals surface area contributed by atoms with Crippen LogP contribution in [0.3, 0.4) is 0 Å². The van der Waals surface area contributed by atoms with Crippen LogP contribution >= 0.6 is 0 Å². The molecule has 0 saturated heterocycles. The van der Waals surface area contributed by atoms with Gasteiger partial charge in [-0.05, 0) is 6.07 Å². The Labute approximate surface area is 87.6 Å². The standard InChI is InChI=1S/C10H14N4O/c1-2-9-12-10-7(8(15)6-11)4-3-5-14(10)13-9/h3-5,8,15H,2,6,11H2,1H3. The highest BCUT2D eigenvalue weighted by Gasteiger charge is 2.12. The second kappa shape index (κ2) is 3.96. The number of hydrogen-bond acceptors (Lipinski definition) is 4. The van der Waals surface area contributed by atoms with Crippen LogP contribution in [-0.4, -0.2) is 26.2 Å². The first-order valence-electron chi connectivity index (χ1n) is 4.98. The molecule has 0 amide bonds. The number of aliphatic hydroxyl groups excluding tert-OH is 1. The Bertz CT molecular complexity index is 465. The Morgan fingerprint density at radius 3 is 3.07 bits per heavy atom. The number of fused-ring (bicyclic) bond motifs is 1. The predicted molar refractivity (Wildman–Crippen MR) is 56.4 cm³/mol. The number of aromatic nitrogens is 3. The van der Waals surface area contributed by atoms with Crippen molar-refractivity contribution in [1.82, 2.24) is 14.6 Å². The third-order valence-corrected chi connectivity index (χ3v) is 2.33. The molecule has 2 aromatic rings. The van der Waals surface area contributed by atoms with Crippen LogP contribution in [0.2, 0.25) is 0 Å². The van der Waals surface area contributed by atoms with E-state index in [9.17, 15) is 5.11 Å². The summed E-state index contributed by atoms with van der Waals surface area (Å²) in [7, 11) is 0. The first-order chi connectivity index (χ1) is 7.26. The maximum absolute atomic E-state index is 9.70. The van der Waals surface area contributed by atoms with Crippen molar-refractivity contribution in [2.24, 2.45) is 5.73 Å². The lowest BCUT2D eigenvalue weighted by molar-refractivity contribution is 0.187. The summed E-state index contributed by atoms with van der Waals surface area (Å²) in [5.41, 5.74) is 6.84. The average molecular weight is 206 g/mol. The summed E-state index contributed by atoms with van der Waals surface area (Å²) >= 11 is 0. The fourth-order valence-corrected chi connectivity index (χ4v) is 1.51. The summed E-state index contributed by atoms with van der Waals surface area (Å²) in [4.78, 5) is 4.34. The maximum atomic E-state index is 9.70. The molecule has 0 bridgehead atoms. The van der Waals surface area contributed by atoms with Crippen LogP contribution in [0.25, 0.3) is 5.65 Å². The van der Waals surface area contributed by atoms with Gasteiger partial charge in [0.25, 0.3) is 0 Å². The molecule has 5 heteroatoms. The quantitative estimate of drug-likeness (QED) is 0.756. The summed E-state index contributed by atoms with van der Waals surface area (Å²) in [5, 5.41) is 14.0. The number of nitrogens with zero attached hydrogens (tertiary/aromatic N) is 3. The molecule has 15 heavy (non-hydrogen) atoms. The van der Waals surface area contributed by atoms with Crippen molar-refractivity contribution in [3.8, 4) is 0 Å². The molecule has 0 saturated carbocycles. The third-order valence-electron chi connectivity index (χ3n) is 2.33. The average Bonchev–Trinajstić information content (AvgIpc) is 2.70. The van der Waals surface area contributed by atoms with E-state index in [1.807, 2.05) is 25.3 Å². The summed E-state index contributed by atoms with van der Waals surface area (Å²) in [6.07, 6.45) is 1.91. The predicted octanol–water partition coefficient (Wildman–Crippen LogP) is 0.284. The fourth-order valence-electron chi connectivity index (χ4n) is 1.51. The maximum Gasteiger partial charge on any atom is 0.161 e. The SMILES string of the molecule is CCc1nc2c(C(O)CN)cccn2n1. The van der Waals surface area contributed by atoms with E-state index in [-0.39, 0.29) is 6.54 Å². The van der Waals surface area contributed by atoms with Crippen LogP contribution in [-0.2, 0) is 6.42 Å². The number of pyridine rings is 1. The van der Waals surface area contributed by atoms with E-state index >= 15 is 0 Å². The lowest BCUT2D eigenvalue weighted by Gasteiger charge is -2.07. The van der Waals surface area contributed by atoms with Gasteiger partial charge in [0.15, 0.2) is 11.5 Å². The minimum absolute atomic E-state index is 0.188. The molecule has 0 fully saturated rings. The first-order valence-corrected chi connectivity index (χ1v) is 4.98. The minimum atomic E-state index is -0.678. The van der Waals surface area contributed by atoms with Gasteiger partial charge in [0.1, 0.15) is 0 Å². The molecule has 0 radical (unpaired) electrons. The van der Waals surface area contributed by atoms with Crippen molar-refractivity contribution in [3.63, 3.8) is 0 Å². The van der Waals surface area contributed by atoms with E-state index in [0.717, 1.165) is 17.8 Å². The number of hydrogen-bond donors (Lipinski definition) is 2. The molecule has 1 atom stereocenters. The monoisotopic (exact) mass is 206 g/mol. The number of rotatable bonds is 3. The highest BCUT2D eigenvalue weighted by atomic mass is 16.3. The molecule has 0 aliphatic rings. The third kappa shape index (κ3) is 1.71. The van der Waals surface area contributed by atoms with Crippen molar-refractivity contribution in [2.45, 2.75) is 19.4 Å². The van der Waals surface area contributed by atoms with Gasteiger partial charge in [-0.1, -0.05) is 13.0 Å². The second-order valence-electron chi connectivity index (χ2n) is 3.36. The number of nitrogens with two attached hydrogens (primary N) is 1. The van der Waals surface area contributed by atoms with Crippen molar-refractivity contribution < 1.29 is 5.11 Å². The normalized spacial score (nSPS) is 13.3. The largest absolute Gasteiger partial charge is 0.387 e. The van der Waals surface area contributed by atoms with E-state index in [4.69, 9.17) is 5.73 Å². The Kier molecular flexibility index (Phi) is 2.66. The highest BCUT2D eigenvalue weighted by molar-refractivity contribution is 5.48. The molecule has 0 spiro atoms. The molecule has 2 aromatic heterocycles. The van der Waals surface area contributed by atoms with Gasteiger partial charge in [0, 0.05) is 24.7 Å². The summed E-state index contributed by atoms with van der Waals surface area (Å²) in [5.74, 6) is 0.770. The van der Waals surface area contributed by atoms with Gasteiger partial charge in [-0.2, -0.15) is 5.10 Å². The van der Waals surface area contributed by atoms with Gasteiger partial charge in [0.05, 0.1) is 6.10 Å². The molecule has 2 heterocycles. The lowest BCUT2D eigenvalue weighted by atomic mass is 10.1. The fraction of sp³-hybridized carbons (Fsp3) is 0.400. The summed E-state index contributed by atoms with van der Waals surface area (Å²) < 4.78 is 1.67. The molecule has 5 nitrogen and oxygen atoms in total. The van der Waals surface area contributed by atoms with Crippen molar-refractivity contribution in [1.29, 1.82) is 0 Å². The van der Waals surface area contributed by atoms with Gasteiger partial charge in [-0.3, -0.25) is 0 Å². The van der Waals surface area contributed by atoms with Crippen molar-refractivity contribution in [3.05, 3.63) is 29.7 Å². The van der Waals surface area contributed by atoms with Gasteiger partial charge in [-0.15, -0.1) is 0 Å². The molecule has 1 unspecified atom stereocenters. The zero-order valence-corrected chi connectivity index (χ0v) is 8.59. The van der Waals surface area contributed by atoms with Crippen LogP contribution in [0.5, 0.6) is 0 Å². The van der Waals surface area contributed by atoms with Gasteiger partial charge >= 0.3 is 0 Å². The summed E-state index contributed by atoms with van der Waals surface area (Å²) in [6.45, 7) is 2.18. The van der Waals surface area contributed by atoms with Gasteiger partial charge in [-0.25, -0.2) is 9.50 Å². The molecule has 3 N–H and O–H groups in total. The topological polar surface area (TPSA) is 76.4 Å². The van der Waals surface area contributed by atoms with Crippen molar-refractivity contribution >= 4 is 5.65 Å². The van der Waals surface area contributed by atoms with E-state index in [1.165, 1.54) is 0 Å². The molecule has 80 valence electrons. The molecule has 0 aliphatic heterocycles. The molecular formula is C10H14N4O. The molecular weight excluding hydrogens is 192 g/mol. The molecule has 0 aliphatic carbocycles. The van der Waals surface area contributed by atoms with Gasteiger partial charge in [0.2, 0.25) is 0 Å². The Balaban J connectivity index is 2.59. The number of aryl methyl sites for hydroxylation is 1. The van der Waals surface area contributed by atoms with Crippen LogP contribution in [0.4, 0.5) is 0 Å². The van der Waals surface area contributed by atoms with Gasteiger partial charge < -0.3 is 10.8 Å². The number of aliphatic hydroxyl groups is 1. The lowest BCUT2D eigenvalue weighted by Crippen LogP contribution is -2.12. The van der Waals surface area contributed by atoms with Crippen LogP contribution < -0.4 is 5.73 Å². The highest BCUT2D eigenvalue weighted by Crippen LogP contribution is 2.16. The zero-order chi connectivity index (χ0) is 10.8. The summed E-state index contributed by atoms with van der Waals surface area (Å²) in [6, 6.07) is 3.65. The van der Waals surface area contributed by atoms with Crippen LogP contribution in [0, 0.1) is 0 Å². The second-order valence-corrected chi connectivity index (χ2v) is 3.36. The van der Waals surface area contributed by atoms with Crippen LogP contribution in [0.15, 0.2) is 18.3 Å². The zero-order valence-electron chi connectivity index (χ0n) is 8.59. The Hall–Kier alpha value is -1.46. The van der Waals surface area contributed by atoms with E-state index in [1.54, 1.807) is 4.52 Å². The molecule has 2 rings (SSSR count). The smallest absolute Gasteiger partial charge is 0.161 e. The minimum Gasteiger partial charge on any atom is -0.387 e. The van der Waals surface area contributed by atoms with E-state index in [2.05, 4.69) is 10.1 Å². The Morgan fingerprint density at radius 1 is 1.60 bits per heavy atom.